The Morgan fingerprint density at radius 3 is 2.64 bits per heavy atom. The van der Waals surface area contributed by atoms with Crippen LogP contribution in [0.3, 0.4) is 0 Å². The number of carboxylic acids is 1. The molecule has 0 radical (unpaired) electrons. The number of rotatable bonds is 6. The highest BCUT2D eigenvalue weighted by Crippen LogP contribution is 2.34. The largest absolute Gasteiger partial charge is 0.494 e. The third-order valence-corrected chi connectivity index (χ3v) is 4.96. The fourth-order valence-electron chi connectivity index (χ4n) is 2.39. The van der Waals surface area contributed by atoms with E-state index < -0.39 is 5.97 Å². The lowest BCUT2D eigenvalue weighted by Gasteiger charge is -2.14. The number of carbonyl (C=O) groups is 2. The van der Waals surface area contributed by atoms with Crippen LogP contribution in [0, 0.1) is 0 Å². The molecule has 0 bridgehead atoms. The van der Waals surface area contributed by atoms with Crippen molar-refractivity contribution in [2.24, 2.45) is 0 Å². The molecule has 1 aliphatic heterocycles. The summed E-state index contributed by atoms with van der Waals surface area (Å²) >= 11 is 6.26. The first-order valence-corrected chi connectivity index (χ1v) is 8.86. The summed E-state index contributed by atoms with van der Waals surface area (Å²) in [6.07, 6.45) is 1.75. The zero-order chi connectivity index (χ0) is 18.7. The second-order valence-electron chi connectivity index (χ2n) is 5.74. The number of aliphatic carboxylic acids is 1. The van der Waals surface area contributed by atoms with Crippen LogP contribution in [-0.2, 0) is 9.59 Å². The quantitative estimate of drug-likeness (QED) is 0.575. The van der Waals surface area contributed by atoms with Gasteiger partial charge in [0.05, 0.1) is 4.91 Å². The predicted molar refractivity (Wildman–Crippen MR) is 99.5 cm³/mol. The molecule has 1 aliphatic rings. The first-order valence-electron chi connectivity index (χ1n) is 7.64. The third kappa shape index (κ3) is 4.29. The molecule has 1 aromatic rings. The lowest BCUT2D eigenvalue weighted by Crippen LogP contribution is -2.29. The monoisotopic (exact) mass is 382 g/mol. The first-order chi connectivity index (χ1) is 11.7. The van der Waals surface area contributed by atoms with Gasteiger partial charge in [0.25, 0.3) is 11.5 Å². The van der Waals surface area contributed by atoms with Crippen LogP contribution in [0.25, 0.3) is 6.08 Å². The van der Waals surface area contributed by atoms with Crippen LogP contribution in [-0.4, -0.2) is 42.4 Å². The fourth-order valence-corrected chi connectivity index (χ4v) is 3.69. The van der Waals surface area contributed by atoms with Gasteiger partial charge in [0.15, 0.2) is 0 Å². The van der Waals surface area contributed by atoms with Gasteiger partial charge in [-0.2, -0.15) is 0 Å². The molecule has 0 atom stereocenters. The number of carboxylic acid groups (broad SMARTS) is 1. The highest BCUT2D eigenvalue weighted by molar-refractivity contribution is 8.26. The molecule has 0 unspecified atom stereocenters. The summed E-state index contributed by atoms with van der Waals surface area (Å²) in [6.45, 7) is 3.77. The van der Waals surface area contributed by atoms with E-state index in [4.69, 9.17) is 17.3 Å². The van der Waals surface area contributed by atoms with Gasteiger partial charge in [-0.3, -0.25) is 23.9 Å². The second kappa shape index (κ2) is 7.83. The fraction of sp³-hybridized carbons (Fsp3) is 0.375. The molecule has 25 heavy (non-hydrogen) atoms. The van der Waals surface area contributed by atoms with Gasteiger partial charge in [0, 0.05) is 30.6 Å². The van der Waals surface area contributed by atoms with Gasteiger partial charge < -0.3 is 10.2 Å². The SMILES string of the molecule is CC(C)n1c(O)c(C=C2SC(=S)N(CCCC(=O)O)C2=O)ccc1=O. The second-order valence-corrected chi connectivity index (χ2v) is 7.42. The Bertz CT molecular complexity index is 813. The molecular formula is C16H18N2O5S2. The third-order valence-electron chi connectivity index (χ3n) is 3.58. The Labute approximate surface area is 153 Å². The molecule has 2 heterocycles. The number of aromatic nitrogens is 1. The van der Waals surface area contributed by atoms with Crippen LogP contribution < -0.4 is 5.56 Å². The highest BCUT2D eigenvalue weighted by Gasteiger charge is 2.32. The van der Waals surface area contributed by atoms with Crippen LogP contribution in [0.5, 0.6) is 5.88 Å². The van der Waals surface area contributed by atoms with E-state index >= 15 is 0 Å². The van der Waals surface area contributed by atoms with Crippen molar-refractivity contribution in [3.63, 3.8) is 0 Å². The molecule has 1 saturated heterocycles. The Balaban J connectivity index is 2.26. The van der Waals surface area contributed by atoms with E-state index in [-0.39, 0.29) is 36.4 Å². The normalized spacial score (nSPS) is 16.3. The van der Waals surface area contributed by atoms with Crippen LogP contribution in [0.1, 0.15) is 38.3 Å². The summed E-state index contributed by atoms with van der Waals surface area (Å²) < 4.78 is 1.58. The molecular weight excluding hydrogens is 364 g/mol. The van der Waals surface area contributed by atoms with Gasteiger partial charge in [-0.15, -0.1) is 0 Å². The summed E-state index contributed by atoms with van der Waals surface area (Å²) in [5.74, 6) is -1.47. The number of pyridine rings is 1. The Kier molecular flexibility index (Phi) is 6.02. The zero-order valence-corrected chi connectivity index (χ0v) is 15.4. The van der Waals surface area contributed by atoms with Gasteiger partial charge in [0.2, 0.25) is 5.88 Å². The van der Waals surface area contributed by atoms with Gasteiger partial charge >= 0.3 is 5.97 Å². The topological polar surface area (TPSA) is 99.8 Å². The number of nitrogens with zero attached hydrogens (tertiary/aromatic N) is 2. The van der Waals surface area contributed by atoms with E-state index in [1.165, 1.54) is 27.7 Å². The molecule has 0 spiro atoms. The number of hydrogen-bond acceptors (Lipinski definition) is 6. The minimum absolute atomic E-state index is 0.0454. The maximum absolute atomic E-state index is 12.4. The van der Waals surface area contributed by atoms with E-state index in [2.05, 4.69) is 0 Å². The average molecular weight is 382 g/mol. The average Bonchev–Trinajstić information content (AvgIpc) is 2.77. The molecule has 0 aliphatic carbocycles. The lowest BCUT2D eigenvalue weighted by atomic mass is 10.2. The zero-order valence-electron chi connectivity index (χ0n) is 13.8. The molecule has 0 aromatic carbocycles. The maximum Gasteiger partial charge on any atom is 0.303 e. The van der Waals surface area contributed by atoms with Crippen molar-refractivity contribution < 1.29 is 19.8 Å². The standard InChI is InChI=1S/C16H18N2O5S2/c1-9(2)18-12(19)6-5-10(14(18)22)8-11-15(23)17(16(24)25-11)7-3-4-13(20)21/h5-6,8-9,22H,3-4,7H2,1-2H3,(H,20,21). The van der Waals surface area contributed by atoms with Crippen LogP contribution >= 0.6 is 24.0 Å². The van der Waals surface area contributed by atoms with Gasteiger partial charge in [-0.05, 0) is 32.4 Å². The summed E-state index contributed by atoms with van der Waals surface area (Å²) in [4.78, 5) is 36.6. The summed E-state index contributed by atoms with van der Waals surface area (Å²) in [5, 5.41) is 19.0. The van der Waals surface area contributed by atoms with Gasteiger partial charge in [-0.1, -0.05) is 24.0 Å². The summed E-state index contributed by atoms with van der Waals surface area (Å²) in [6, 6.07) is 2.55. The molecule has 134 valence electrons. The van der Waals surface area contributed by atoms with Crippen molar-refractivity contribution >= 4 is 46.3 Å². The van der Waals surface area contributed by atoms with E-state index in [9.17, 15) is 19.5 Å². The minimum Gasteiger partial charge on any atom is -0.494 e. The molecule has 1 amide bonds. The molecule has 2 N–H and O–H groups in total. The first kappa shape index (κ1) is 19.2. The maximum atomic E-state index is 12.4. The number of aromatic hydroxyl groups is 1. The van der Waals surface area contributed by atoms with Crippen molar-refractivity contribution in [3.05, 3.63) is 33.0 Å². The van der Waals surface area contributed by atoms with Crippen LogP contribution in [0.15, 0.2) is 21.8 Å². The molecule has 1 aromatic heterocycles. The van der Waals surface area contributed by atoms with E-state index in [0.717, 1.165) is 11.8 Å². The Morgan fingerprint density at radius 1 is 1.36 bits per heavy atom. The van der Waals surface area contributed by atoms with Crippen LogP contribution in [0.2, 0.25) is 0 Å². The molecule has 7 nitrogen and oxygen atoms in total. The smallest absolute Gasteiger partial charge is 0.303 e. The Hall–Kier alpha value is -2.13. The molecule has 1 fully saturated rings. The number of carbonyl (C=O) groups excluding carboxylic acids is 1. The number of thioether (sulfide) groups is 1. The van der Waals surface area contributed by atoms with Crippen molar-refractivity contribution in [2.75, 3.05) is 6.54 Å². The van der Waals surface area contributed by atoms with Crippen molar-refractivity contribution in [1.82, 2.24) is 9.47 Å². The van der Waals surface area contributed by atoms with Crippen molar-refractivity contribution in [1.29, 1.82) is 0 Å². The lowest BCUT2D eigenvalue weighted by molar-refractivity contribution is -0.137. The summed E-state index contributed by atoms with van der Waals surface area (Å²) in [5.41, 5.74) is 0.0187. The van der Waals surface area contributed by atoms with Crippen molar-refractivity contribution in [3.8, 4) is 5.88 Å². The highest BCUT2D eigenvalue weighted by atomic mass is 32.2. The number of hydrogen-bond donors (Lipinski definition) is 2. The van der Waals surface area contributed by atoms with Gasteiger partial charge in [0.1, 0.15) is 4.32 Å². The molecule has 9 heteroatoms. The van der Waals surface area contributed by atoms with Crippen LogP contribution in [0.4, 0.5) is 0 Å². The Morgan fingerprint density at radius 2 is 2.04 bits per heavy atom. The molecule has 2 rings (SSSR count). The number of thiocarbonyl (C=S) groups is 1. The van der Waals surface area contributed by atoms with E-state index in [0.29, 0.717) is 21.2 Å². The van der Waals surface area contributed by atoms with Gasteiger partial charge in [-0.25, -0.2) is 0 Å². The van der Waals surface area contributed by atoms with Crippen molar-refractivity contribution in [2.45, 2.75) is 32.7 Å². The van der Waals surface area contributed by atoms with E-state index in [1.54, 1.807) is 13.8 Å². The minimum atomic E-state index is -0.929. The van der Waals surface area contributed by atoms with E-state index in [1.807, 2.05) is 0 Å². The number of amides is 1. The predicted octanol–water partition coefficient (Wildman–Crippen LogP) is 2.20. The molecule has 0 saturated carbocycles. The summed E-state index contributed by atoms with van der Waals surface area (Å²) in [7, 11) is 0.